The molecule has 0 radical (unpaired) electrons. The van der Waals surface area contributed by atoms with Crippen LogP contribution in [0, 0.1) is 11.3 Å². The second kappa shape index (κ2) is 8.94. The zero-order valence-corrected chi connectivity index (χ0v) is 22.1. The number of fused-ring (bicyclic) bond motifs is 3. The van der Waals surface area contributed by atoms with E-state index in [4.69, 9.17) is 0 Å². The van der Waals surface area contributed by atoms with E-state index < -0.39 is 0 Å². The lowest BCUT2D eigenvalue weighted by Crippen LogP contribution is -2.41. The summed E-state index contributed by atoms with van der Waals surface area (Å²) in [5, 5.41) is 13.3. The molecule has 1 saturated carbocycles. The van der Waals surface area contributed by atoms with Crippen molar-refractivity contribution in [2.75, 3.05) is 16.8 Å². The minimum Gasteiger partial charge on any atom is -0.392 e. The number of aliphatic hydroxyl groups is 1. The van der Waals surface area contributed by atoms with Crippen LogP contribution in [0.3, 0.4) is 0 Å². The minimum absolute atomic E-state index is 0.0552. The molecule has 2 amide bonds. The average Bonchev–Trinajstić information content (AvgIpc) is 3.32. The number of aliphatic hydroxyl groups excluding tert-OH is 1. The molecule has 0 unspecified atom stereocenters. The second-order valence-corrected chi connectivity index (χ2v) is 11.6. The third-order valence-corrected chi connectivity index (χ3v) is 8.30. The molecule has 9 nitrogen and oxygen atoms in total. The summed E-state index contributed by atoms with van der Waals surface area (Å²) in [6.07, 6.45) is 7.90. The van der Waals surface area contributed by atoms with Gasteiger partial charge in [0.15, 0.2) is 0 Å². The van der Waals surface area contributed by atoms with Crippen molar-refractivity contribution in [2.24, 2.45) is 18.4 Å². The Labute approximate surface area is 221 Å². The first-order chi connectivity index (χ1) is 18.2. The quantitative estimate of drug-likeness (QED) is 0.542. The van der Waals surface area contributed by atoms with Crippen LogP contribution in [-0.4, -0.2) is 37.6 Å². The summed E-state index contributed by atoms with van der Waals surface area (Å²) in [6.45, 7) is 5.29. The lowest BCUT2D eigenvalue weighted by Gasteiger charge is -2.31. The minimum atomic E-state index is -0.333. The van der Waals surface area contributed by atoms with Gasteiger partial charge in [-0.25, -0.2) is 4.98 Å². The van der Waals surface area contributed by atoms with Gasteiger partial charge in [-0.3, -0.25) is 19.3 Å². The van der Waals surface area contributed by atoms with Gasteiger partial charge in [-0.2, -0.15) is 0 Å². The number of nitrogens with zero attached hydrogens (tertiary/aromatic N) is 4. The fourth-order valence-electron chi connectivity index (χ4n) is 6.11. The van der Waals surface area contributed by atoms with Crippen molar-refractivity contribution in [3.05, 3.63) is 63.5 Å². The van der Waals surface area contributed by atoms with Crippen LogP contribution >= 0.6 is 0 Å². The monoisotopic (exact) mass is 515 g/mol. The number of rotatable bonds is 5. The molecule has 0 atom stereocenters. The van der Waals surface area contributed by atoms with Crippen molar-refractivity contribution >= 4 is 23.3 Å². The van der Waals surface area contributed by atoms with Gasteiger partial charge in [0.2, 0.25) is 5.91 Å². The van der Waals surface area contributed by atoms with E-state index in [2.05, 4.69) is 28.7 Å². The molecule has 0 bridgehead atoms. The highest BCUT2D eigenvalue weighted by molar-refractivity contribution is 6.06. The molecule has 3 aromatic rings. The summed E-state index contributed by atoms with van der Waals surface area (Å²) in [5.41, 5.74) is 5.08. The van der Waals surface area contributed by atoms with E-state index >= 15 is 0 Å². The SMILES string of the molecule is Cn1cc(-c2ccnc(N3CCn4c(cc5c4CC(C)(C)C5)C3=O)c2CO)cc(NC(=O)C2CCC2)c1=O. The first-order valence-corrected chi connectivity index (χ1v) is 13.3. The van der Waals surface area contributed by atoms with Crippen molar-refractivity contribution in [3.63, 3.8) is 0 Å². The number of aromatic nitrogens is 3. The number of amides is 2. The Morgan fingerprint density at radius 3 is 2.68 bits per heavy atom. The number of carbonyl (C=O) groups is 2. The topological polar surface area (TPSA) is 109 Å². The highest BCUT2D eigenvalue weighted by Crippen LogP contribution is 2.40. The van der Waals surface area contributed by atoms with Crippen LogP contribution in [0.2, 0.25) is 0 Å². The maximum Gasteiger partial charge on any atom is 0.276 e. The van der Waals surface area contributed by atoms with Crippen molar-refractivity contribution in [1.82, 2.24) is 14.1 Å². The molecule has 4 heterocycles. The molecular weight excluding hydrogens is 482 g/mol. The summed E-state index contributed by atoms with van der Waals surface area (Å²) in [4.78, 5) is 45.2. The Balaban J connectivity index is 1.36. The summed E-state index contributed by atoms with van der Waals surface area (Å²) < 4.78 is 3.57. The number of anilines is 2. The van der Waals surface area contributed by atoms with Crippen LogP contribution in [-0.2, 0) is 37.8 Å². The molecule has 3 aromatic heterocycles. The third-order valence-electron chi connectivity index (χ3n) is 8.30. The third kappa shape index (κ3) is 3.96. The smallest absolute Gasteiger partial charge is 0.276 e. The zero-order valence-electron chi connectivity index (χ0n) is 22.1. The van der Waals surface area contributed by atoms with Gasteiger partial charge in [0.25, 0.3) is 11.5 Å². The number of hydrogen-bond acceptors (Lipinski definition) is 5. The molecular formula is C29H33N5O4. The van der Waals surface area contributed by atoms with Crippen LogP contribution in [0.25, 0.3) is 11.1 Å². The van der Waals surface area contributed by atoms with Gasteiger partial charge in [0.1, 0.15) is 17.2 Å². The fourth-order valence-corrected chi connectivity index (χ4v) is 6.11. The summed E-state index contributed by atoms with van der Waals surface area (Å²) in [5.74, 6) is 0.0921. The highest BCUT2D eigenvalue weighted by atomic mass is 16.3. The molecule has 1 fully saturated rings. The summed E-state index contributed by atoms with van der Waals surface area (Å²) >= 11 is 0. The van der Waals surface area contributed by atoms with Crippen LogP contribution in [0.5, 0.6) is 0 Å². The van der Waals surface area contributed by atoms with Gasteiger partial charge in [-0.1, -0.05) is 20.3 Å². The molecule has 198 valence electrons. The predicted molar refractivity (Wildman–Crippen MR) is 144 cm³/mol. The van der Waals surface area contributed by atoms with E-state index in [-0.39, 0.29) is 41.0 Å². The summed E-state index contributed by atoms with van der Waals surface area (Å²) in [6, 6.07) is 5.43. The number of aryl methyl sites for hydroxylation is 1. The first-order valence-electron chi connectivity index (χ1n) is 13.3. The number of pyridine rings is 2. The molecule has 6 rings (SSSR count). The van der Waals surface area contributed by atoms with Crippen molar-refractivity contribution in [3.8, 4) is 11.1 Å². The van der Waals surface area contributed by atoms with Crippen LogP contribution in [0.1, 0.15) is 60.4 Å². The average molecular weight is 516 g/mol. The zero-order chi connectivity index (χ0) is 26.8. The van der Waals surface area contributed by atoms with Crippen LogP contribution < -0.4 is 15.8 Å². The van der Waals surface area contributed by atoms with Crippen molar-refractivity contribution < 1.29 is 14.7 Å². The van der Waals surface area contributed by atoms with Gasteiger partial charge >= 0.3 is 0 Å². The summed E-state index contributed by atoms with van der Waals surface area (Å²) in [7, 11) is 1.63. The lowest BCUT2D eigenvalue weighted by molar-refractivity contribution is -0.122. The first kappa shape index (κ1) is 24.6. The molecule has 9 heteroatoms. The van der Waals surface area contributed by atoms with Gasteiger partial charge in [0.05, 0.1) is 6.61 Å². The Morgan fingerprint density at radius 2 is 1.97 bits per heavy atom. The van der Waals surface area contributed by atoms with Crippen molar-refractivity contribution in [1.29, 1.82) is 0 Å². The van der Waals surface area contributed by atoms with E-state index in [1.54, 1.807) is 36.5 Å². The number of carbonyl (C=O) groups excluding carboxylic acids is 2. The lowest BCUT2D eigenvalue weighted by atomic mass is 9.85. The largest absolute Gasteiger partial charge is 0.392 e. The molecule has 2 aliphatic carbocycles. The Morgan fingerprint density at radius 1 is 1.18 bits per heavy atom. The second-order valence-electron chi connectivity index (χ2n) is 11.6. The van der Waals surface area contributed by atoms with Crippen LogP contribution in [0.15, 0.2) is 35.4 Å². The van der Waals surface area contributed by atoms with E-state index in [1.165, 1.54) is 15.8 Å². The standard InChI is InChI=1S/C29H33N5O4/c1-29(2)13-18-12-23-28(38)34(10-9-33(23)24(18)14-29)25-21(16-35)20(7-8-30-25)19-11-22(27(37)32(3)15-19)31-26(36)17-5-4-6-17/h7-8,11-12,15,17,35H,4-6,9-10,13-14,16H2,1-3H3,(H,31,36). The Kier molecular flexibility index (Phi) is 5.79. The van der Waals surface area contributed by atoms with Gasteiger partial charge in [0, 0.05) is 55.3 Å². The van der Waals surface area contributed by atoms with E-state index in [0.717, 1.165) is 32.1 Å². The van der Waals surface area contributed by atoms with Gasteiger partial charge < -0.3 is 19.6 Å². The number of hydrogen-bond donors (Lipinski definition) is 2. The maximum absolute atomic E-state index is 13.7. The molecule has 0 spiro atoms. The molecule has 1 aliphatic heterocycles. The maximum atomic E-state index is 13.7. The van der Waals surface area contributed by atoms with Gasteiger partial charge in [-0.15, -0.1) is 0 Å². The van der Waals surface area contributed by atoms with E-state index in [1.807, 2.05) is 6.07 Å². The number of nitrogens with one attached hydrogen (secondary N) is 1. The fraction of sp³-hybridized carbons (Fsp3) is 0.448. The van der Waals surface area contributed by atoms with E-state index in [9.17, 15) is 19.5 Å². The predicted octanol–water partition coefficient (Wildman–Crippen LogP) is 3.26. The molecule has 0 saturated heterocycles. The normalized spacial score (nSPS) is 18.2. The highest BCUT2D eigenvalue weighted by Gasteiger charge is 2.37. The van der Waals surface area contributed by atoms with Crippen LogP contribution in [0.4, 0.5) is 11.5 Å². The van der Waals surface area contributed by atoms with Crippen molar-refractivity contribution in [2.45, 2.75) is 59.1 Å². The molecule has 38 heavy (non-hydrogen) atoms. The molecule has 2 N–H and O–H groups in total. The van der Waals surface area contributed by atoms with E-state index in [0.29, 0.717) is 41.3 Å². The van der Waals surface area contributed by atoms with Gasteiger partial charge in [-0.05, 0) is 60.4 Å². The molecule has 0 aromatic carbocycles. The Hall–Kier alpha value is -3.72. The molecule has 3 aliphatic rings. The Bertz CT molecular complexity index is 1530.